The first-order valence-corrected chi connectivity index (χ1v) is 8.16. The number of carbonyl (C=O) groups excluding carboxylic acids is 3. The Hall–Kier alpha value is -1.99. The van der Waals surface area contributed by atoms with Crippen LogP contribution in [0.1, 0.15) is 46.5 Å². The summed E-state index contributed by atoms with van der Waals surface area (Å²) in [5, 5.41) is 7.93. The van der Waals surface area contributed by atoms with Crippen molar-refractivity contribution in [1.82, 2.24) is 16.0 Å². The van der Waals surface area contributed by atoms with Gasteiger partial charge < -0.3 is 25.4 Å². The van der Waals surface area contributed by atoms with E-state index in [2.05, 4.69) is 16.0 Å². The molecule has 0 rings (SSSR count). The van der Waals surface area contributed by atoms with Crippen molar-refractivity contribution in [1.29, 1.82) is 0 Å². The van der Waals surface area contributed by atoms with Crippen molar-refractivity contribution >= 4 is 18.1 Å². The molecule has 0 radical (unpaired) electrons. The summed E-state index contributed by atoms with van der Waals surface area (Å²) in [6, 6.07) is -0.636. The molecule has 0 aromatic carbocycles. The van der Waals surface area contributed by atoms with E-state index < -0.39 is 18.2 Å². The molecule has 0 bridgehead atoms. The molecule has 0 saturated heterocycles. The third kappa shape index (κ3) is 11.3. The SMILES string of the molecule is CCCNC(=O)C(CCCCNC(=O)OCC)NC(=O)OCC. The van der Waals surface area contributed by atoms with Gasteiger partial charge in [0.05, 0.1) is 13.2 Å². The molecule has 3 amide bonds. The molecule has 0 aliphatic carbocycles. The summed E-state index contributed by atoms with van der Waals surface area (Å²) >= 11 is 0. The number of ether oxygens (including phenoxy) is 2. The first-order valence-electron chi connectivity index (χ1n) is 8.16. The van der Waals surface area contributed by atoms with Crippen LogP contribution in [0.2, 0.25) is 0 Å². The fourth-order valence-corrected chi connectivity index (χ4v) is 1.80. The fraction of sp³-hybridized carbons (Fsp3) is 0.800. The Morgan fingerprint density at radius 1 is 0.870 bits per heavy atom. The maximum absolute atomic E-state index is 12.0. The summed E-state index contributed by atoms with van der Waals surface area (Å²) in [6.45, 7) is 6.99. The average molecular weight is 331 g/mol. The highest BCUT2D eigenvalue weighted by Gasteiger charge is 2.20. The average Bonchev–Trinajstić information content (AvgIpc) is 2.51. The van der Waals surface area contributed by atoms with Crippen molar-refractivity contribution in [2.45, 2.75) is 52.5 Å². The number of rotatable bonds is 11. The molecule has 1 atom stereocenters. The minimum absolute atomic E-state index is 0.224. The number of unbranched alkanes of at least 4 members (excludes halogenated alkanes) is 1. The zero-order valence-electron chi connectivity index (χ0n) is 14.3. The van der Waals surface area contributed by atoms with Crippen LogP contribution < -0.4 is 16.0 Å². The number of hydrogen-bond donors (Lipinski definition) is 3. The molecule has 1 unspecified atom stereocenters. The van der Waals surface area contributed by atoms with Gasteiger partial charge in [0.15, 0.2) is 0 Å². The van der Waals surface area contributed by atoms with E-state index in [4.69, 9.17) is 9.47 Å². The first-order chi connectivity index (χ1) is 11.0. The van der Waals surface area contributed by atoms with Crippen molar-refractivity contribution in [3.8, 4) is 0 Å². The second kappa shape index (κ2) is 13.7. The van der Waals surface area contributed by atoms with E-state index in [1.54, 1.807) is 13.8 Å². The Morgan fingerprint density at radius 3 is 2.13 bits per heavy atom. The Labute approximate surface area is 137 Å². The van der Waals surface area contributed by atoms with E-state index in [9.17, 15) is 14.4 Å². The monoisotopic (exact) mass is 331 g/mol. The number of nitrogens with one attached hydrogen (secondary N) is 3. The zero-order chi connectivity index (χ0) is 17.5. The van der Waals surface area contributed by atoms with Gasteiger partial charge >= 0.3 is 12.2 Å². The van der Waals surface area contributed by atoms with Crippen LogP contribution in [-0.2, 0) is 14.3 Å². The van der Waals surface area contributed by atoms with Crippen LogP contribution in [0, 0.1) is 0 Å². The normalized spacial score (nSPS) is 11.3. The molecule has 8 nitrogen and oxygen atoms in total. The van der Waals surface area contributed by atoms with Gasteiger partial charge in [0.1, 0.15) is 6.04 Å². The lowest BCUT2D eigenvalue weighted by Gasteiger charge is -2.18. The predicted octanol–water partition coefficient (Wildman–Crippen LogP) is 1.54. The number of amides is 3. The highest BCUT2D eigenvalue weighted by atomic mass is 16.6. The molecule has 23 heavy (non-hydrogen) atoms. The molecule has 0 fully saturated rings. The summed E-state index contributed by atoms with van der Waals surface area (Å²) in [6.07, 6.45) is 1.59. The van der Waals surface area contributed by atoms with Gasteiger partial charge in [-0.25, -0.2) is 9.59 Å². The standard InChI is InChI=1S/C15H29N3O5/c1-4-10-16-13(19)12(18-15(21)23-6-3)9-7-8-11-17-14(20)22-5-2/h12H,4-11H2,1-3H3,(H,16,19)(H,17,20)(H,18,21). The van der Waals surface area contributed by atoms with E-state index in [1.807, 2.05) is 6.92 Å². The maximum atomic E-state index is 12.0. The van der Waals surface area contributed by atoms with E-state index in [0.29, 0.717) is 39.0 Å². The van der Waals surface area contributed by atoms with Crippen molar-refractivity contribution in [3.05, 3.63) is 0 Å². The summed E-state index contributed by atoms with van der Waals surface area (Å²) < 4.78 is 9.55. The molecule has 0 spiro atoms. The van der Waals surface area contributed by atoms with Gasteiger partial charge in [-0.2, -0.15) is 0 Å². The molecule has 0 saturated carbocycles. The maximum Gasteiger partial charge on any atom is 0.407 e. The van der Waals surface area contributed by atoms with Gasteiger partial charge in [0.25, 0.3) is 0 Å². The summed E-state index contributed by atoms with van der Waals surface area (Å²) in [4.78, 5) is 34.6. The molecule has 0 aromatic heterocycles. The van der Waals surface area contributed by atoms with Gasteiger partial charge in [-0.1, -0.05) is 6.92 Å². The highest BCUT2D eigenvalue weighted by Crippen LogP contribution is 2.02. The second-order valence-corrected chi connectivity index (χ2v) is 4.85. The molecular formula is C15H29N3O5. The molecule has 8 heteroatoms. The molecule has 134 valence electrons. The van der Waals surface area contributed by atoms with E-state index in [0.717, 1.165) is 6.42 Å². The molecule has 0 aromatic rings. The van der Waals surface area contributed by atoms with Crippen molar-refractivity contribution in [3.63, 3.8) is 0 Å². The second-order valence-electron chi connectivity index (χ2n) is 4.85. The quantitative estimate of drug-likeness (QED) is 0.498. The minimum Gasteiger partial charge on any atom is -0.450 e. The van der Waals surface area contributed by atoms with Crippen LogP contribution in [0.3, 0.4) is 0 Å². The van der Waals surface area contributed by atoms with Crippen LogP contribution in [0.4, 0.5) is 9.59 Å². The third-order valence-electron chi connectivity index (χ3n) is 2.90. The van der Waals surface area contributed by atoms with E-state index in [-0.39, 0.29) is 12.5 Å². The molecule has 0 aliphatic heterocycles. The lowest BCUT2D eigenvalue weighted by Crippen LogP contribution is -2.47. The van der Waals surface area contributed by atoms with Crippen molar-refractivity contribution in [2.75, 3.05) is 26.3 Å². The van der Waals surface area contributed by atoms with Crippen LogP contribution >= 0.6 is 0 Å². The Balaban J connectivity index is 4.16. The van der Waals surface area contributed by atoms with Crippen LogP contribution in [0.5, 0.6) is 0 Å². The molecule has 0 heterocycles. The lowest BCUT2D eigenvalue weighted by molar-refractivity contribution is -0.123. The zero-order valence-corrected chi connectivity index (χ0v) is 14.3. The van der Waals surface area contributed by atoms with Crippen LogP contribution in [0.15, 0.2) is 0 Å². The van der Waals surface area contributed by atoms with Gasteiger partial charge in [0.2, 0.25) is 5.91 Å². The van der Waals surface area contributed by atoms with Gasteiger partial charge in [-0.15, -0.1) is 0 Å². The van der Waals surface area contributed by atoms with Gasteiger partial charge in [-0.3, -0.25) is 4.79 Å². The highest BCUT2D eigenvalue weighted by molar-refractivity contribution is 5.85. The summed E-state index contributed by atoms with van der Waals surface area (Å²) in [5.41, 5.74) is 0. The summed E-state index contributed by atoms with van der Waals surface area (Å²) in [7, 11) is 0. The minimum atomic E-state index is -0.636. The molecule has 3 N–H and O–H groups in total. The van der Waals surface area contributed by atoms with Crippen molar-refractivity contribution < 1.29 is 23.9 Å². The van der Waals surface area contributed by atoms with Crippen LogP contribution in [-0.4, -0.2) is 50.4 Å². The first kappa shape index (κ1) is 21.0. The third-order valence-corrected chi connectivity index (χ3v) is 2.90. The largest absolute Gasteiger partial charge is 0.450 e. The number of hydrogen-bond acceptors (Lipinski definition) is 5. The summed E-state index contributed by atoms with van der Waals surface area (Å²) in [5.74, 6) is -0.224. The smallest absolute Gasteiger partial charge is 0.407 e. The van der Waals surface area contributed by atoms with E-state index in [1.165, 1.54) is 0 Å². The van der Waals surface area contributed by atoms with Crippen molar-refractivity contribution in [2.24, 2.45) is 0 Å². The Morgan fingerprint density at radius 2 is 1.52 bits per heavy atom. The number of carbonyl (C=O) groups is 3. The van der Waals surface area contributed by atoms with Gasteiger partial charge in [-0.05, 0) is 39.5 Å². The predicted molar refractivity (Wildman–Crippen MR) is 86.1 cm³/mol. The molecule has 0 aliphatic rings. The van der Waals surface area contributed by atoms with Gasteiger partial charge in [0, 0.05) is 13.1 Å². The number of alkyl carbamates (subject to hydrolysis) is 2. The fourth-order valence-electron chi connectivity index (χ4n) is 1.80. The lowest BCUT2D eigenvalue weighted by atomic mass is 10.1. The van der Waals surface area contributed by atoms with E-state index >= 15 is 0 Å². The Bertz CT molecular complexity index is 363. The van der Waals surface area contributed by atoms with Crippen LogP contribution in [0.25, 0.3) is 0 Å². The Kier molecular flexibility index (Phi) is 12.5. The molecular weight excluding hydrogens is 302 g/mol. The topological polar surface area (TPSA) is 106 Å².